The van der Waals surface area contributed by atoms with Gasteiger partial charge in [0.05, 0.1) is 11.0 Å². The predicted molar refractivity (Wildman–Crippen MR) is 72.3 cm³/mol. The Morgan fingerprint density at radius 1 is 1.22 bits per heavy atom. The summed E-state index contributed by atoms with van der Waals surface area (Å²) in [5, 5.41) is 10.0. The summed E-state index contributed by atoms with van der Waals surface area (Å²) in [7, 11) is 0. The molecule has 3 nitrogen and oxygen atoms in total. The molecule has 0 aromatic carbocycles. The Morgan fingerprint density at radius 2 is 1.72 bits per heavy atom. The van der Waals surface area contributed by atoms with Crippen LogP contribution in [0, 0.1) is 5.41 Å². The lowest BCUT2D eigenvalue weighted by atomic mass is 9.75. The van der Waals surface area contributed by atoms with Crippen LogP contribution in [0.5, 0.6) is 0 Å². The molecule has 106 valence electrons. The molecule has 0 aromatic heterocycles. The van der Waals surface area contributed by atoms with Crippen molar-refractivity contribution in [1.82, 2.24) is 0 Å². The zero-order chi connectivity index (χ0) is 14.0. The summed E-state index contributed by atoms with van der Waals surface area (Å²) in [6, 6.07) is 0. The van der Waals surface area contributed by atoms with E-state index in [1.807, 2.05) is 27.7 Å². The molecule has 1 aliphatic carbocycles. The summed E-state index contributed by atoms with van der Waals surface area (Å²) in [5.74, 6) is -0.103. The van der Waals surface area contributed by atoms with Crippen LogP contribution in [0.1, 0.15) is 73.1 Å². The highest BCUT2D eigenvalue weighted by Crippen LogP contribution is 2.40. The molecule has 0 unspecified atom stereocenters. The maximum absolute atomic E-state index is 12.2. The summed E-state index contributed by atoms with van der Waals surface area (Å²) in [4.78, 5) is 12.2. The third-order valence-electron chi connectivity index (χ3n) is 4.63. The van der Waals surface area contributed by atoms with Crippen molar-refractivity contribution in [1.29, 1.82) is 0 Å². The molecule has 0 aromatic rings. The molecule has 0 aliphatic heterocycles. The van der Waals surface area contributed by atoms with Crippen molar-refractivity contribution in [2.45, 2.75) is 84.3 Å². The van der Waals surface area contributed by atoms with Crippen LogP contribution < -0.4 is 0 Å². The molecular formula is C15H28O3. The molecule has 1 N–H and O–H groups in total. The van der Waals surface area contributed by atoms with Crippen LogP contribution in [0.4, 0.5) is 0 Å². The summed E-state index contributed by atoms with van der Waals surface area (Å²) < 4.78 is 5.83. The molecule has 0 saturated heterocycles. The average molecular weight is 256 g/mol. The highest BCUT2D eigenvalue weighted by molar-refractivity contribution is 5.76. The number of aliphatic hydroxyl groups is 1. The first-order valence-corrected chi connectivity index (χ1v) is 7.12. The van der Waals surface area contributed by atoms with Crippen molar-refractivity contribution in [3.8, 4) is 0 Å². The number of rotatable bonds is 4. The third-order valence-corrected chi connectivity index (χ3v) is 4.63. The number of ether oxygens (including phenoxy) is 1. The van der Waals surface area contributed by atoms with E-state index in [-0.39, 0.29) is 11.6 Å². The zero-order valence-corrected chi connectivity index (χ0v) is 12.5. The molecule has 1 rings (SSSR count). The van der Waals surface area contributed by atoms with Gasteiger partial charge in [0, 0.05) is 0 Å². The monoisotopic (exact) mass is 256 g/mol. The van der Waals surface area contributed by atoms with Crippen LogP contribution in [-0.4, -0.2) is 22.3 Å². The van der Waals surface area contributed by atoms with Gasteiger partial charge in [-0.25, -0.2) is 0 Å². The first-order chi connectivity index (χ1) is 8.16. The maximum Gasteiger partial charge on any atom is 0.312 e. The van der Waals surface area contributed by atoms with Gasteiger partial charge in [-0.15, -0.1) is 0 Å². The third kappa shape index (κ3) is 3.47. The fourth-order valence-electron chi connectivity index (χ4n) is 2.25. The lowest BCUT2D eigenvalue weighted by Gasteiger charge is -2.43. The fourth-order valence-corrected chi connectivity index (χ4v) is 2.25. The van der Waals surface area contributed by atoms with Gasteiger partial charge in [-0.05, 0) is 59.3 Å². The molecule has 0 amide bonds. The Kier molecular flexibility index (Phi) is 4.47. The molecule has 0 atom stereocenters. The number of carbonyl (C=O) groups excluding carboxylic acids is 1. The Morgan fingerprint density at radius 3 is 2.11 bits per heavy atom. The standard InChI is InChI=1S/C15H28O3/c1-6-13(3,4)12(16)18-15(7-2)10-8-14(5,17)9-11-15/h17H,6-11H2,1-5H3. The summed E-state index contributed by atoms with van der Waals surface area (Å²) in [6.45, 7) is 9.79. The minimum Gasteiger partial charge on any atom is -0.459 e. The van der Waals surface area contributed by atoms with Crippen LogP contribution in [0.25, 0.3) is 0 Å². The van der Waals surface area contributed by atoms with E-state index in [1.54, 1.807) is 0 Å². The second-order valence-electron chi connectivity index (χ2n) is 6.66. The Labute approximate surface area is 111 Å². The molecule has 0 heterocycles. The van der Waals surface area contributed by atoms with Crippen molar-refractivity contribution < 1.29 is 14.6 Å². The van der Waals surface area contributed by atoms with Crippen molar-refractivity contribution in [2.75, 3.05) is 0 Å². The van der Waals surface area contributed by atoms with Gasteiger partial charge < -0.3 is 9.84 Å². The second kappa shape index (κ2) is 5.20. The van der Waals surface area contributed by atoms with Crippen LogP contribution in [-0.2, 0) is 9.53 Å². The minimum atomic E-state index is -0.592. The van der Waals surface area contributed by atoms with Crippen molar-refractivity contribution >= 4 is 5.97 Å². The molecule has 0 radical (unpaired) electrons. The van der Waals surface area contributed by atoms with Gasteiger partial charge in [-0.2, -0.15) is 0 Å². The van der Waals surface area contributed by atoms with Gasteiger partial charge >= 0.3 is 5.97 Å². The van der Waals surface area contributed by atoms with Crippen LogP contribution in [0.2, 0.25) is 0 Å². The normalized spacial score (nSPS) is 33.2. The molecule has 1 saturated carbocycles. The fraction of sp³-hybridized carbons (Fsp3) is 0.933. The zero-order valence-electron chi connectivity index (χ0n) is 12.5. The van der Waals surface area contributed by atoms with E-state index in [9.17, 15) is 9.90 Å². The van der Waals surface area contributed by atoms with Crippen LogP contribution >= 0.6 is 0 Å². The highest BCUT2D eigenvalue weighted by atomic mass is 16.6. The lowest BCUT2D eigenvalue weighted by molar-refractivity contribution is -0.180. The van der Waals surface area contributed by atoms with E-state index in [0.717, 1.165) is 25.7 Å². The molecule has 0 bridgehead atoms. The molecule has 3 heteroatoms. The minimum absolute atomic E-state index is 0.103. The van der Waals surface area contributed by atoms with Gasteiger partial charge in [-0.3, -0.25) is 4.79 Å². The number of hydrogen-bond acceptors (Lipinski definition) is 3. The van der Waals surface area contributed by atoms with E-state index >= 15 is 0 Å². The smallest absolute Gasteiger partial charge is 0.312 e. The Hall–Kier alpha value is -0.570. The van der Waals surface area contributed by atoms with Gasteiger partial charge in [0.2, 0.25) is 0 Å². The van der Waals surface area contributed by atoms with E-state index in [1.165, 1.54) is 0 Å². The Bertz CT molecular complexity index is 295. The number of hydrogen-bond donors (Lipinski definition) is 1. The van der Waals surface area contributed by atoms with Gasteiger partial charge in [-0.1, -0.05) is 13.8 Å². The van der Waals surface area contributed by atoms with Crippen molar-refractivity contribution in [3.05, 3.63) is 0 Å². The van der Waals surface area contributed by atoms with Crippen LogP contribution in [0.3, 0.4) is 0 Å². The first kappa shape index (κ1) is 15.5. The quantitative estimate of drug-likeness (QED) is 0.784. The first-order valence-electron chi connectivity index (χ1n) is 7.12. The van der Waals surface area contributed by atoms with Gasteiger partial charge in [0.25, 0.3) is 0 Å². The summed E-state index contributed by atoms with van der Waals surface area (Å²) in [6.07, 6.45) is 4.56. The topological polar surface area (TPSA) is 46.5 Å². The highest BCUT2D eigenvalue weighted by Gasteiger charge is 2.43. The maximum atomic E-state index is 12.2. The number of esters is 1. The molecule has 1 aliphatic rings. The SMILES string of the molecule is CCC1(OC(=O)C(C)(C)CC)CCC(C)(O)CC1. The molecule has 0 spiro atoms. The number of carbonyl (C=O) groups is 1. The van der Waals surface area contributed by atoms with Crippen LogP contribution in [0.15, 0.2) is 0 Å². The van der Waals surface area contributed by atoms with E-state index < -0.39 is 11.0 Å². The predicted octanol–water partition coefficient (Wildman–Crippen LogP) is 3.44. The van der Waals surface area contributed by atoms with E-state index in [2.05, 4.69) is 6.92 Å². The second-order valence-corrected chi connectivity index (χ2v) is 6.66. The van der Waals surface area contributed by atoms with Gasteiger partial charge in [0.15, 0.2) is 0 Å². The summed E-state index contributed by atoms with van der Waals surface area (Å²) >= 11 is 0. The van der Waals surface area contributed by atoms with Gasteiger partial charge in [0.1, 0.15) is 5.60 Å². The van der Waals surface area contributed by atoms with E-state index in [4.69, 9.17) is 4.74 Å². The lowest BCUT2D eigenvalue weighted by Crippen LogP contribution is -2.45. The Balaban J connectivity index is 2.71. The molecular weight excluding hydrogens is 228 g/mol. The van der Waals surface area contributed by atoms with Crippen molar-refractivity contribution in [2.24, 2.45) is 5.41 Å². The van der Waals surface area contributed by atoms with Crippen molar-refractivity contribution in [3.63, 3.8) is 0 Å². The molecule has 18 heavy (non-hydrogen) atoms. The van der Waals surface area contributed by atoms with E-state index in [0.29, 0.717) is 12.8 Å². The summed E-state index contributed by atoms with van der Waals surface area (Å²) in [5.41, 5.74) is -1.36. The average Bonchev–Trinajstić information content (AvgIpc) is 2.32. The molecule has 1 fully saturated rings. The largest absolute Gasteiger partial charge is 0.459 e.